The van der Waals surface area contributed by atoms with Crippen LogP contribution in [-0.2, 0) is 24.0 Å². The zero-order valence-electron chi connectivity index (χ0n) is 18.3. The van der Waals surface area contributed by atoms with E-state index in [0.717, 1.165) is 0 Å². The number of amides is 3. The normalized spacial score (nSPS) is 13.2. The molecular weight excluding hydrogens is 440 g/mol. The van der Waals surface area contributed by atoms with Crippen LogP contribution in [0.1, 0.15) is 38.5 Å². The van der Waals surface area contributed by atoms with Crippen LogP contribution in [0.15, 0.2) is 4.99 Å². The van der Waals surface area contributed by atoms with Gasteiger partial charge in [-0.1, -0.05) is 6.42 Å². The lowest BCUT2D eigenvalue weighted by atomic mass is 10.1. The number of carboxylic acid groups (broad SMARTS) is 2. The molecule has 3 atom stereocenters. The van der Waals surface area contributed by atoms with Crippen molar-refractivity contribution in [3.8, 4) is 0 Å². The zero-order valence-corrected chi connectivity index (χ0v) is 18.3. The van der Waals surface area contributed by atoms with Crippen LogP contribution in [0.5, 0.6) is 0 Å². The molecule has 0 aromatic rings. The Morgan fingerprint density at radius 2 is 1.45 bits per heavy atom. The topological polar surface area (TPSA) is 278 Å². The van der Waals surface area contributed by atoms with E-state index < -0.39 is 60.8 Å². The molecule has 3 amide bonds. The van der Waals surface area contributed by atoms with Crippen LogP contribution in [-0.4, -0.2) is 83.6 Å². The first-order valence-corrected chi connectivity index (χ1v) is 10.3. The summed E-state index contributed by atoms with van der Waals surface area (Å²) in [4.78, 5) is 62.8. The number of carboxylic acids is 2. The lowest BCUT2D eigenvalue weighted by Crippen LogP contribution is -2.56. The quantitative estimate of drug-likeness (QED) is 0.0558. The van der Waals surface area contributed by atoms with Gasteiger partial charge < -0.3 is 49.1 Å². The molecule has 33 heavy (non-hydrogen) atoms. The van der Waals surface area contributed by atoms with Crippen molar-refractivity contribution in [1.29, 1.82) is 0 Å². The Morgan fingerprint density at radius 3 is 2.00 bits per heavy atom. The van der Waals surface area contributed by atoms with Gasteiger partial charge in [0.2, 0.25) is 17.7 Å². The standard InChI is InChI=1S/C18H34N8O7/c19-6-2-1-4-10(20)15(31)25-11(5-3-7-23-18(21)22)17(33)26-12(8-13(27)28)16(32)24-9-14(29)30/h10-12H,1-9,19-20H2,(H,24,32)(H,25,31)(H,26,33)(H,27,28)(H,29,30)(H4,21,22,23). The lowest BCUT2D eigenvalue weighted by Gasteiger charge is -2.23. The van der Waals surface area contributed by atoms with Crippen molar-refractivity contribution in [2.45, 2.75) is 56.7 Å². The Hall–Kier alpha value is -3.46. The molecule has 0 aliphatic carbocycles. The van der Waals surface area contributed by atoms with E-state index in [2.05, 4.69) is 15.6 Å². The largest absolute Gasteiger partial charge is 0.481 e. The minimum atomic E-state index is -1.57. The molecule has 0 saturated carbocycles. The first-order valence-electron chi connectivity index (χ1n) is 10.3. The van der Waals surface area contributed by atoms with Gasteiger partial charge in [-0.2, -0.15) is 0 Å². The monoisotopic (exact) mass is 474 g/mol. The van der Waals surface area contributed by atoms with Gasteiger partial charge in [0.15, 0.2) is 5.96 Å². The van der Waals surface area contributed by atoms with Crippen LogP contribution in [0, 0.1) is 0 Å². The van der Waals surface area contributed by atoms with E-state index in [1.807, 2.05) is 5.32 Å². The summed E-state index contributed by atoms with van der Waals surface area (Å²) in [5.74, 6) is -5.37. The van der Waals surface area contributed by atoms with Crippen molar-refractivity contribution >= 4 is 35.6 Å². The van der Waals surface area contributed by atoms with Crippen molar-refractivity contribution in [2.75, 3.05) is 19.6 Å². The van der Waals surface area contributed by atoms with E-state index >= 15 is 0 Å². The second-order valence-electron chi connectivity index (χ2n) is 7.17. The Labute approximate surface area is 190 Å². The SMILES string of the molecule is NCCCCC(N)C(=O)NC(CCCN=C(N)N)C(=O)NC(CC(=O)O)C(=O)NCC(=O)O. The Morgan fingerprint density at radius 1 is 0.818 bits per heavy atom. The molecule has 3 unspecified atom stereocenters. The number of unbranched alkanes of at least 4 members (excludes halogenated alkanes) is 1. The summed E-state index contributed by atoms with van der Waals surface area (Å²) in [6, 6.07) is -3.64. The van der Waals surface area contributed by atoms with Crippen LogP contribution < -0.4 is 38.9 Å². The maximum absolute atomic E-state index is 12.8. The fourth-order valence-corrected chi connectivity index (χ4v) is 2.63. The molecule has 0 rings (SSSR count). The molecule has 0 aromatic carbocycles. The Balaban J connectivity index is 5.32. The van der Waals surface area contributed by atoms with Gasteiger partial charge in [-0.15, -0.1) is 0 Å². The summed E-state index contributed by atoms with van der Waals surface area (Å²) in [5.41, 5.74) is 21.8. The van der Waals surface area contributed by atoms with Gasteiger partial charge in [-0.3, -0.25) is 29.0 Å². The molecule has 0 aliphatic heterocycles. The molecule has 0 spiro atoms. The highest BCUT2D eigenvalue weighted by molar-refractivity contribution is 5.95. The number of guanidine groups is 1. The number of carbonyl (C=O) groups is 5. The maximum Gasteiger partial charge on any atom is 0.322 e. The molecule has 0 heterocycles. The van der Waals surface area contributed by atoms with Gasteiger partial charge in [0, 0.05) is 6.54 Å². The van der Waals surface area contributed by atoms with Gasteiger partial charge in [0.1, 0.15) is 18.6 Å². The minimum absolute atomic E-state index is 0.0560. The molecule has 15 heteroatoms. The van der Waals surface area contributed by atoms with Crippen LogP contribution in [0.4, 0.5) is 0 Å². The summed E-state index contributed by atoms with van der Waals surface area (Å²) >= 11 is 0. The van der Waals surface area contributed by atoms with Crippen molar-refractivity contribution in [3.05, 3.63) is 0 Å². The lowest BCUT2D eigenvalue weighted by molar-refractivity contribution is -0.141. The minimum Gasteiger partial charge on any atom is -0.481 e. The molecule has 188 valence electrons. The number of rotatable bonds is 17. The third-order valence-corrected chi connectivity index (χ3v) is 4.31. The Kier molecular flexibility index (Phi) is 14.5. The number of carbonyl (C=O) groups excluding carboxylic acids is 3. The molecular formula is C18H34N8O7. The van der Waals surface area contributed by atoms with Gasteiger partial charge >= 0.3 is 11.9 Å². The number of nitrogens with two attached hydrogens (primary N) is 4. The van der Waals surface area contributed by atoms with Gasteiger partial charge in [0.25, 0.3) is 0 Å². The molecule has 0 aromatic heterocycles. The first kappa shape index (κ1) is 29.5. The number of aliphatic carboxylic acids is 2. The highest BCUT2D eigenvalue weighted by Gasteiger charge is 2.29. The molecule has 15 nitrogen and oxygen atoms in total. The predicted molar refractivity (Wildman–Crippen MR) is 118 cm³/mol. The van der Waals surface area contributed by atoms with Crippen molar-refractivity contribution in [3.63, 3.8) is 0 Å². The van der Waals surface area contributed by atoms with Crippen molar-refractivity contribution in [2.24, 2.45) is 27.9 Å². The summed E-state index contributed by atoms with van der Waals surface area (Å²) in [5, 5.41) is 24.4. The highest BCUT2D eigenvalue weighted by Crippen LogP contribution is 2.04. The summed E-state index contributed by atoms with van der Waals surface area (Å²) < 4.78 is 0. The number of aliphatic imine (C=N–C) groups is 1. The molecule has 0 fully saturated rings. The summed E-state index contributed by atoms with van der Waals surface area (Å²) in [6.45, 7) is -0.164. The number of nitrogens with zero attached hydrogens (tertiary/aromatic N) is 1. The smallest absolute Gasteiger partial charge is 0.322 e. The van der Waals surface area contributed by atoms with E-state index in [1.54, 1.807) is 0 Å². The van der Waals surface area contributed by atoms with Gasteiger partial charge in [0.05, 0.1) is 12.5 Å². The molecule has 0 saturated heterocycles. The van der Waals surface area contributed by atoms with Crippen LogP contribution in [0.2, 0.25) is 0 Å². The van der Waals surface area contributed by atoms with Crippen molar-refractivity contribution in [1.82, 2.24) is 16.0 Å². The van der Waals surface area contributed by atoms with Crippen LogP contribution in [0.3, 0.4) is 0 Å². The number of hydrogen-bond acceptors (Lipinski definition) is 8. The second kappa shape index (κ2) is 16.2. The summed E-state index contributed by atoms with van der Waals surface area (Å²) in [6.07, 6.45) is 1.14. The fourth-order valence-electron chi connectivity index (χ4n) is 2.63. The average molecular weight is 475 g/mol. The van der Waals surface area contributed by atoms with Gasteiger partial charge in [-0.25, -0.2) is 0 Å². The molecule has 13 N–H and O–H groups in total. The van der Waals surface area contributed by atoms with E-state index in [4.69, 9.17) is 33.1 Å². The van der Waals surface area contributed by atoms with Crippen molar-refractivity contribution < 1.29 is 34.2 Å². The molecule has 0 aliphatic rings. The molecule has 0 bridgehead atoms. The average Bonchev–Trinajstić information content (AvgIpc) is 2.72. The van der Waals surface area contributed by atoms with Crippen LogP contribution >= 0.6 is 0 Å². The maximum atomic E-state index is 12.8. The third-order valence-electron chi connectivity index (χ3n) is 4.31. The number of nitrogens with one attached hydrogen (secondary N) is 3. The predicted octanol–water partition coefficient (Wildman–Crippen LogP) is -3.86. The summed E-state index contributed by atoms with van der Waals surface area (Å²) in [7, 11) is 0. The van der Waals surface area contributed by atoms with E-state index in [0.29, 0.717) is 25.8 Å². The Bertz CT molecular complexity index is 712. The van der Waals surface area contributed by atoms with E-state index in [-0.39, 0.29) is 25.3 Å². The third kappa shape index (κ3) is 14.3. The van der Waals surface area contributed by atoms with Crippen LogP contribution in [0.25, 0.3) is 0 Å². The highest BCUT2D eigenvalue weighted by atomic mass is 16.4. The number of hydrogen-bond donors (Lipinski definition) is 9. The zero-order chi connectivity index (χ0) is 25.4. The van der Waals surface area contributed by atoms with Gasteiger partial charge in [-0.05, 0) is 32.2 Å². The van der Waals surface area contributed by atoms with E-state index in [1.165, 1.54) is 0 Å². The first-order chi connectivity index (χ1) is 15.5. The van der Waals surface area contributed by atoms with E-state index in [9.17, 15) is 24.0 Å². The fraction of sp³-hybridized carbons (Fsp3) is 0.667. The molecule has 0 radical (unpaired) electrons. The second-order valence-corrected chi connectivity index (χ2v) is 7.17.